The second kappa shape index (κ2) is 13.9. The fraction of sp³-hybridized carbons (Fsp3) is 0.516. The van der Waals surface area contributed by atoms with Crippen molar-refractivity contribution in [3.05, 3.63) is 70.0 Å². The number of aryl methyl sites for hydroxylation is 3. The number of hydrogen-bond donors (Lipinski definition) is 0. The van der Waals surface area contributed by atoms with Crippen molar-refractivity contribution in [1.29, 1.82) is 0 Å². The molecule has 7 nitrogen and oxygen atoms in total. The lowest BCUT2D eigenvalue weighted by Crippen LogP contribution is -2.29. The zero-order chi connectivity index (χ0) is 32.1. The molecule has 1 aliphatic carbocycles. The molecule has 0 unspecified atom stereocenters. The Kier molecular flexibility index (Phi) is 10.5. The van der Waals surface area contributed by atoms with Crippen LogP contribution in [0.4, 0.5) is 38.0 Å². The molecule has 13 heteroatoms. The van der Waals surface area contributed by atoms with Crippen LogP contribution in [0.2, 0.25) is 0 Å². The Morgan fingerprint density at radius 2 is 1.55 bits per heavy atom. The molecule has 240 valence electrons. The molecule has 1 aromatic heterocycles. The normalized spacial score (nSPS) is 13.5. The van der Waals surface area contributed by atoms with Crippen molar-refractivity contribution in [3.8, 4) is 0 Å². The van der Waals surface area contributed by atoms with Crippen LogP contribution in [-0.4, -0.2) is 40.9 Å². The van der Waals surface area contributed by atoms with Gasteiger partial charge < -0.3 is 14.5 Å². The number of nitrogens with zero attached hydrogens (tertiary/aromatic N) is 5. The number of esters is 1. The molecule has 2 aromatic carbocycles. The van der Waals surface area contributed by atoms with Crippen LogP contribution in [0.1, 0.15) is 72.4 Å². The Hall–Kier alpha value is -3.77. The Bertz CT molecular complexity index is 1400. The third-order valence-electron chi connectivity index (χ3n) is 7.80. The van der Waals surface area contributed by atoms with E-state index in [0.717, 1.165) is 55.5 Å². The second-order valence-corrected chi connectivity index (χ2v) is 11.1. The molecule has 0 N–H and O–H groups in total. The second-order valence-electron chi connectivity index (χ2n) is 11.1. The highest BCUT2D eigenvalue weighted by atomic mass is 19.4. The van der Waals surface area contributed by atoms with Gasteiger partial charge in [0.05, 0.1) is 18.2 Å². The van der Waals surface area contributed by atoms with Crippen molar-refractivity contribution in [2.45, 2.75) is 77.3 Å². The van der Waals surface area contributed by atoms with Crippen LogP contribution < -0.4 is 9.80 Å². The number of anilines is 2. The first kappa shape index (κ1) is 33.1. The Morgan fingerprint density at radius 3 is 2.09 bits per heavy atom. The minimum absolute atomic E-state index is 0.133. The lowest BCUT2D eigenvalue weighted by molar-refractivity contribution is -0.143. The van der Waals surface area contributed by atoms with Gasteiger partial charge in [0.25, 0.3) is 0 Å². The first-order valence-electron chi connectivity index (χ1n) is 14.6. The van der Waals surface area contributed by atoms with Gasteiger partial charge in [0.15, 0.2) is 0 Å². The Morgan fingerprint density at radius 1 is 0.909 bits per heavy atom. The van der Waals surface area contributed by atoms with Crippen LogP contribution in [0.15, 0.2) is 36.7 Å². The summed E-state index contributed by atoms with van der Waals surface area (Å²) in [6.07, 6.45) is -2.87. The third kappa shape index (κ3) is 8.44. The number of unbranched alkanes of at least 4 members (excludes halogenated alkanes) is 1. The number of fused-ring (bicyclic) bond motifs is 1. The Balaban J connectivity index is 1.72. The van der Waals surface area contributed by atoms with E-state index in [0.29, 0.717) is 25.9 Å². The maximum atomic E-state index is 13.6. The number of benzene rings is 2. The van der Waals surface area contributed by atoms with Gasteiger partial charge in [-0.3, -0.25) is 9.48 Å². The van der Waals surface area contributed by atoms with Crippen LogP contribution in [0.25, 0.3) is 0 Å². The predicted octanol–water partition coefficient (Wildman–Crippen LogP) is 7.11. The van der Waals surface area contributed by atoms with E-state index < -0.39 is 23.5 Å². The molecular formula is C31H37F6N5O2. The molecule has 0 saturated carbocycles. The first-order valence-corrected chi connectivity index (χ1v) is 14.6. The molecule has 0 atom stereocenters. The number of methoxy groups -OCH3 is 1. The summed E-state index contributed by atoms with van der Waals surface area (Å²) in [5.74, 6) is -0.0902. The van der Waals surface area contributed by atoms with E-state index in [4.69, 9.17) is 4.74 Å². The monoisotopic (exact) mass is 625 g/mol. The van der Waals surface area contributed by atoms with E-state index in [1.165, 1.54) is 29.2 Å². The molecule has 0 amide bonds. The van der Waals surface area contributed by atoms with E-state index in [-0.39, 0.29) is 36.6 Å². The van der Waals surface area contributed by atoms with E-state index in [2.05, 4.69) is 27.1 Å². The maximum Gasteiger partial charge on any atom is 0.416 e. The molecule has 4 rings (SSSR count). The average molecular weight is 626 g/mol. The number of alkyl halides is 6. The highest BCUT2D eigenvalue weighted by Crippen LogP contribution is 2.37. The fourth-order valence-corrected chi connectivity index (χ4v) is 5.57. The van der Waals surface area contributed by atoms with E-state index in [1.54, 1.807) is 11.9 Å². The van der Waals surface area contributed by atoms with Crippen molar-refractivity contribution in [2.24, 2.45) is 7.05 Å². The van der Waals surface area contributed by atoms with Gasteiger partial charge in [0.1, 0.15) is 6.33 Å². The summed E-state index contributed by atoms with van der Waals surface area (Å²) in [5, 5.41) is 4.34. The Labute approximate surface area is 252 Å². The molecule has 0 fully saturated rings. The number of halogens is 6. The zero-order valence-corrected chi connectivity index (χ0v) is 25.1. The minimum atomic E-state index is -4.95. The van der Waals surface area contributed by atoms with Crippen molar-refractivity contribution >= 4 is 17.6 Å². The third-order valence-corrected chi connectivity index (χ3v) is 7.80. The van der Waals surface area contributed by atoms with Gasteiger partial charge in [-0.05, 0) is 92.0 Å². The van der Waals surface area contributed by atoms with Crippen molar-refractivity contribution < 1.29 is 35.9 Å². The fourth-order valence-electron chi connectivity index (χ4n) is 5.57. The smallest absolute Gasteiger partial charge is 0.416 e. The largest absolute Gasteiger partial charge is 0.469 e. The molecule has 1 heterocycles. The lowest BCUT2D eigenvalue weighted by Gasteiger charge is -2.31. The van der Waals surface area contributed by atoms with Crippen LogP contribution >= 0.6 is 0 Å². The zero-order valence-electron chi connectivity index (χ0n) is 25.1. The molecule has 44 heavy (non-hydrogen) atoms. The highest BCUT2D eigenvalue weighted by molar-refractivity contribution is 5.69. The van der Waals surface area contributed by atoms with Gasteiger partial charge in [0.2, 0.25) is 5.95 Å². The van der Waals surface area contributed by atoms with Crippen LogP contribution in [0, 0.1) is 0 Å². The number of ether oxygens (including phenoxy) is 1. The summed E-state index contributed by atoms with van der Waals surface area (Å²) in [7, 11) is 2.99. The minimum Gasteiger partial charge on any atom is -0.469 e. The molecule has 0 radical (unpaired) electrons. The lowest BCUT2D eigenvalue weighted by atomic mass is 9.89. The number of hydrogen-bond acceptors (Lipinski definition) is 6. The predicted molar refractivity (Wildman–Crippen MR) is 154 cm³/mol. The number of aromatic nitrogens is 3. The van der Waals surface area contributed by atoms with Gasteiger partial charge in [-0.25, -0.2) is 4.98 Å². The van der Waals surface area contributed by atoms with Crippen LogP contribution in [0.5, 0.6) is 0 Å². The van der Waals surface area contributed by atoms with Crippen molar-refractivity contribution in [3.63, 3.8) is 0 Å². The summed E-state index contributed by atoms with van der Waals surface area (Å²) in [5.41, 5.74) is 1.34. The quantitative estimate of drug-likeness (QED) is 0.122. The number of rotatable bonds is 12. The summed E-state index contributed by atoms with van der Waals surface area (Å²) in [4.78, 5) is 19.7. The molecule has 0 aliphatic heterocycles. The first-order chi connectivity index (χ1) is 20.8. The molecule has 0 bridgehead atoms. The molecule has 1 aliphatic rings. The maximum absolute atomic E-state index is 13.6. The van der Waals surface area contributed by atoms with E-state index in [9.17, 15) is 31.1 Å². The van der Waals surface area contributed by atoms with Gasteiger partial charge in [-0.15, -0.1) is 5.10 Å². The van der Waals surface area contributed by atoms with Crippen LogP contribution in [0.3, 0.4) is 0 Å². The summed E-state index contributed by atoms with van der Waals surface area (Å²) >= 11 is 0. The van der Waals surface area contributed by atoms with Crippen molar-refractivity contribution in [1.82, 2.24) is 14.8 Å². The molecule has 0 spiro atoms. The van der Waals surface area contributed by atoms with Gasteiger partial charge >= 0.3 is 18.3 Å². The number of carbonyl (C=O) groups excluding carboxylic acids is 1. The SMILES string of the molecule is CCN(CCCCC(=O)OC)c1cc2c(cc1CN(Cc1cc(C(F)(F)F)cc(C(F)(F)F)c1)c1ncn(C)n1)CCCC2. The summed E-state index contributed by atoms with van der Waals surface area (Å²) in [6.45, 7) is 3.21. The van der Waals surface area contributed by atoms with Gasteiger partial charge in [0, 0.05) is 45.3 Å². The molecule has 0 saturated heterocycles. The summed E-state index contributed by atoms with van der Waals surface area (Å²) < 4.78 is 88.0. The summed E-state index contributed by atoms with van der Waals surface area (Å²) in [6, 6.07) is 5.89. The van der Waals surface area contributed by atoms with E-state index in [1.807, 2.05) is 6.92 Å². The molecular weight excluding hydrogens is 588 g/mol. The van der Waals surface area contributed by atoms with Crippen molar-refractivity contribution in [2.75, 3.05) is 30.0 Å². The van der Waals surface area contributed by atoms with Gasteiger partial charge in [-0.1, -0.05) is 6.07 Å². The number of carbonyl (C=O) groups is 1. The standard InChI is InChI=1S/C31H37F6N5O2/c1-4-41(12-8-7-11-28(43)44-3)27-16-23-10-6-5-9-22(23)15-24(27)19-42(29-38-20-40(2)39-29)18-21-13-25(30(32,33)34)17-26(14-21)31(35,36)37/h13-17,20H,4-12,18-19H2,1-3H3. The molecule has 3 aromatic rings. The van der Waals surface area contributed by atoms with Gasteiger partial charge in [-0.2, -0.15) is 26.3 Å². The van der Waals surface area contributed by atoms with E-state index >= 15 is 0 Å². The average Bonchev–Trinajstić information content (AvgIpc) is 3.41. The van der Waals surface area contributed by atoms with Crippen LogP contribution in [-0.2, 0) is 54.9 Å². The highest BCUT2D eigenvalue weighted by Gasteiger charge is 2.37. The topological polar surface area (TPSA) is 63.5 Å².